The van der Waals surface area contributed by atoms with Crippen LogP contribution in [0, 0.1) is 0 Å². The first-order valence-electron chi connectivity index (χ1n) is 6.77. The molecule has 3 nitrogen and oxygen atoms in total. The van der Waals surface area contributed by atoms with Crippen LogP contribution in [-0.2, 0) is 6.61 Å². The minimum Gasteiger partial charge on any atom is -0.485 e. The topological polar surface area (TPSA) is 35.5 Å². The normalized spacial score (nSPS) is 12.5. The van der Waals surface area contributed by atoms with Gasteiger partial charge in [0, 0.05) is 5.39 Å². The van der Waals surface area contributed by atoms with E-state index >= 15 is 0 Å². The highest BCUT2D eigenvalue weighted by Crippen LogP contribution is 2.42. The van der Waals surface area contributed by atoms with E-state index in [-0.39, 0.29) is 5.97 Å². The molecular formula is C18H12O3. The van der Waals surface area contributed by atoms with E-state index in [0.29, 0.717) is 23.7 Å². The van der Waals surface area contributed by atoms with Gasteiger partial charge in [0.25, 0.3) is 0 Å². The number of hydrogen-bond donors (Lipinski definition) is 0. The summed E-state index contributed by atoms with van der Waals surface area (Å²) in [5.41, 5.74) is 1.68. The second-order valence-corrected chi connectivity index (χ2v) is 4.96. The fraction of sp³-hybridized carbons (Fsp3) is 0.0556. The van der Waals surface area contributed by atoms with Gasteiger partial charge in [-0.2, -0.15) is 0 Å². The minimum atomic E-state index is -0.314. The second kappa shape index (κ2) is 4.63. The summed E-state index contributed by atoms with van der Waals surface area (Å²) < 4.78 is 11.2. The molecular weight excluding hydrogens is 264 g/mol. The molecule has 1 aliphatic heterocycles. The number of carbonyl (C=O) groups excluding carboxylic acids is 1. The van der Waals surface area contributed by atoms with Crippen molar-refractivity contribution in [3.63, 3.8) is 0 Å². The van der Waals surface area contributed by atoms with Crippen LogP contribution >= 0.6 is 0 Å². The van der Waals surface area contributed by atoms with Gasteiger partial charge >= 0.3 is 5.97 Å². The van der Waals surface area contributed by atoms with E-state index in [9.17, 15) is 4.79 Å². The molecule has 0 aliphatic carbocycles. The zero-order chi connectivity index (χ0) is 14.2. The van der Waals surface area contributed by atoms with Crippen LogP contribution in [0.3, 0.4) is 0 Å². The molecule has 0 amide bonds. The molecule has 0 saturated carbocycles. The summed E-state index contributed by atoms with van der Waals surface area (Å²) in [5, 5.41) is 1.83. The van der Waals surface area contributed by atoms with Crippen molar-refractivity contribution in [1.82, 2.24) is 0 Å². The standard InChI is InChI=1S/C18H12O3/c19-18-14-8-4-7-13-9-10-15(17(21-18)16(13)14)20-11-12-5-2-1-3-6-12/h1-10H,11H2. The number of rotatable bonds is 3. The summed E-state index contributed by atoms with van der Waals surface area (Å²) in [6.07, 6.45) is 0. The zero-order valence-electron chi connectivity index (χ0n) is 11.2. The Morgan fingerprint density at radius 2 is 1.76 bits per heavy atom. The lowest BCUT2D eigenvalue weighted by atomic mass is 10.1. The van der Waals surface area contributed by atoms with Gasteiger partial charge in [-0.25, -0.2) is 4.79 Å². The summed E-state index contributed by atoms with van der Waals surface area (Å²) in [4.78, 5) is 11.9. The van der Waals surface area contributed by atoms with E-state index in [1.807, 2.05) is 54.6 Å². The predicted octanol–water partition coefficient (Wildman–Crippen LogP) is 3.95. The van der Waals surface area contributed by atoms with Crippen molar-refractivity contribution in [1.29, 1.82) is 0 Å². The molecule has 21 heavy (non-hydrogen) atoms. The van der Waals surface area contributed by atoms with Crippen LogP contribution in [0.25, 0.3) is 10.8 Å². The number of benzene rings is 3. The van der Waals surface area contributed by atoms with Crippen LogP contribution in [0.4, 0.5) is 0 Å². The lowest BCUT2D eigenvalue weighted by molar-refractivity contribution is 0.0748. The highest BCUT2D eigenvalue weighted by molar-refractivity contribution is 6.13. The molecule has 1 heterocycles. The first-order chi connectivity index (χ1) is 10.3. The Balaban J connectivity index is 1.73. The average molecular weight is 276 g/mol. The summed E-state index contributed by atoms with van der Waals surface area (Å²) in [5.74, 6) is 0.819. The number of esters is 1. The Morgan fingerprint density at radius 1 is 0.905 bits per heavy atom. The first-order valence-corrected chi connectivity index (χ1v) is 6.77. The van der Waals surface area contributed by atoms with Gasteiger partial charge in [0.2, 0.25) is 0 Å². The fourth-order valence-corrected chi connectivity index (χ4v) is 2.59. The van der Waals surface area contributed by atoms with Crippen molar-refractivity contribution >= 4 is 16.7 Å². The highest BCUT2D eigenvalue weighted by Gasteiger charge is 2.27. The second-order valence-electron chi connectivity index (χ2n) is 4.96. The third kappa shape index (κ3) is 1.94. The summed E-state index contributed by atoms with van der Waals surface area (Å²) >= 11 is 0. The van der Waals surface area contributed by atoms with Gasteiger partial charge in [-0.1, -0.05) is 48.5 Å². The molecule has 1 aliphatic rings. The third-order valence-corrected chi connectivity index (χ3v) is 3.61. The Kier molecular flexibility index (Phi) is 2.64. The molecule has 0 saturated heterocycles. The van der Waals surface area contributed by atoms with Crippen molar-refractivity contribution in [2.45, 2.75) is 6.61 Å². The largest absolute Gasteiger partial charge is 0.485 e. The molecule has 0 aromatic heterocycles. The minimum absolute atomic E-state index is 0.314. The molecule has 3 heteroatoms. The van der Waals surface area contributed by atoms with E-state index < -0.39 is 0 Å². The number of carbonyl (C=O) groups is 1. The van der Waals surface area contributed by atoms with Crippen LogP contribution in [0.2, 0.25) is 0 Å². The lowest BCUT2D eigenvalue weighted by Crippen LogP contribution is -2.02. The van der Waals surface area contributed by atoms with Crippen LogP contribution in [0.1, 0.15) is 15.9 Å². The Morgan fingerprint density at radius 3 is 2.62 bits per heavy atom. The molecule has 0 N–H and O–H groups in total. The SMILES string of the molecule is O=C1Oc2c(OCc3ccccc3)ccc3cccc1c23. The Hall–Kier alpha value is -2.81. The van der Waals surface area contributed by atoms with Crippen molar-refractivity contribution in [3.05, 3.63) is 71.8 Å². The first kappa shape index (κ1) is 12.0. The lowest BCUT2D eigenvalue weighted by Gasteiger charge is -2.09. The average Bonchev–Trinajstić information content (AvgIpc) is 2.87. The maximum Gasteiger partial charge on any atom is 0.344 e. The van der Waals surface area contributed by atoms with Gasteiger partial charge in [0.1, 0.15) is 6.61 Å². The maximum absolute atomic E-state index is 11.9. The summed E-state index contributed by atoms with van der Waals surface area (Å²) in [7, 11) is 0. The van der Waals surface area contributed by atoms with Gasteiger partial charge in [0.15, 0.2) is 11.5 Å². The van der Waals surface area contributed by atoms with E-state index in [4.69, 9.17) is 9.47 Å². The van der Waals surface area contributed by atoms with Crippen LogP contribution in [-0.4, -0.2) is 5.97 Å². The van der Waals surface area contributed by atoms with Gasteiger partial charge in [0.05, 0.1) is 5.56 Å². The molecule has 4 rings (SSSR count). The smallest absolute Gasteiger partial charge is 0.344 e. The third-order valence-electron chi connectivity index (χ3n) is 3.61. The van der Waals surface area contributed by atoms with E-state index in [1.165, 1.54) is 0 Å². The number of hydrogen-bond acceptors (Lipinski definition) is 3. The van der Waals surface area contributed by atoms with E-state index in [1.54, 1.807) is 6.07 Å². The van der Waals surface area contributed by atoms with Crippen molar-refractivity contribution < 1.29 is 14.3 Å². The molecule has 3 aromatic carbocycles. The molecule has 3 aromatic rings. The molecule has 102 valence electrons. The maximum atomic E-state index is 11.9. The van der Waals surface area contributed by atoms with Crippen LogP contribution in [0.15, 0.2) is 60.7 Å². The van der Waals surface area contributed by atoms with Crippen molar-refractivity contribution in [2.24, 2.45) is 0 Å². The van der Waals surface area contributed by atoms with Crippen LogP contribution in [0.5, 0.6) is 11.5 Å². The van der Waals surface area contributed by atoms with Gasteiger partial charge in [-0.3, -0.25) is 0 Å². The Labute approximate surface area is 121 Å². The quantitative estimate of drug-likeness (QED) is 0.536. The van der Waals surface area contributed by atoms with Crippen molar-refractivity contribution in [3.8, 4) is 11.5 Å². The predicted molar refractivity (Wildman–Crippen MR) is 79.7 cm³/mol. The van der Waals surface area contributed by atoms with E-state index in [2.05, 4.69) is 0 Å². The van der Waals surface area contributed by atoms with Gasteiger partial charge < -0.3 is 9.47 Å². The molecule has 0 radical (unpaired) electrons. The van der Waals surface area contributed by atoms with Crippen LogP contribution < -0.4 is 9.47 Å². The van der Waals surface area contributed by atoms with Gasteiger partial charge in [-0.05, 0) is 23.1 Å². The summed E-state index contributed by atoms with van der Waals surface area (Å²) in [6, 6.07) is 19.3. The van der Waals surface area contributed by atoms with E-state index in [0.717, 1.165) is 16.3 Å². The van der Waals surface area contributed by atoms with Gasteiger partial charge in [-0.15, -0.1) is 0 Å². The molecule has 0 spiro atoms. The Bertz CT molecular complexity index is 838. The zero-order valence-corrected chi connectivity index (χ0v) is 11.2. The highest BCUT2D eigenvalue weighted by atomic mass is 16.6. The fourth-order valence-electron chi connectivity index (χ4n) is 2.59. The molecule has 0 bridgehead atoms. The monoisotopic (exact) mass is 276 g/mol. The molecule has 0 atom stereocenters. The molecule has 0 unspecified atom stereocenters. The molecule has 0 fully saturated rings. The summed E-state index contributed by atoms with van der Waals surface area (Å²) in [6.45, 7) is 0.444. The van der Waals surface area contributed by atoms with Crippen molar-refractivity contribution in [2.75, 3.05) is 0 Å². The number of ether oxygens (including phenoxy) is 2.